The number of pyridine rings is 1. The number of nitrogens with zero attached hydrogens (tertiary/aromatic N) is 5. The topological polar surface area (TPSA) is 65.1 Å². The van der Waals surface area contributed by atoms with Crippen molar-refractivity contribution in [1.29, 1.82) is 0 Å². The van der Waals surface area contributed by atoms with Crippen LogP contribution in [-0.2, 0) is 12.3 Å². The van der Waals surface area contributed by atoms with Crippen LogP contribution in [0.4, 0.5) is 0 Å². The highest BCUT2D eigenvalue weighted by Gasteiger charge is 2.10. The van der Waals surface area contributed by atoms with E-state index in [9.17, 15) is 4.79 Å². The quantitative estimate of drug-likeness (QED) is 0.494. The van der Waals surface area contributed by atoms with E-state index in [4.69, 9.17) is 0 Å². The number of aromatic nitrogens is 5. The smallest absolute Gasteiger partial charge is 0.258 e. The van der Waals surface area contributed by atoms with Gasteiger partial charge in [0.15, 0.2) is 5.16 Å². The molecule has 6 nitrogen and oxygen atoms in total. The van der Waals surface area contributed by atoms with Gasteiger partial charge < -0.3 is 4.57 Å². The maximum Gasteiger partial charge on any atom is 0.258 e. The fourth-order valence-corrected chi connectivity index (χ4v) is 3.37. The molecule has 0 fully saturated rings. The van der Waals surface area contributed by atoms with E-state index in [1.165, 1.54) is 16.2 Å². The summed E-state index contributed by atoms with van der Waals surface area (Å²) in [7, 11) is 0. The normalized spacial score (nSPS) is 11.0. The first-order valence-electron chi connectivity index (χ1n) is 6.90. The van der Waals surface area contributed by atoms with Crippen molar-refractivity contribution in [1.82, 2.24) is 24.1 Å². The summed E-state index contributed by atoms with van der Waals surface area (Å²) in [4.78, 5) is 16.7. The Morgan fingerprint density at radius 2 is 2.22 bits per heavy atom. The van der Waals surface area contributed by atoms with Crippen molar-refractivity contribution in [3.05, 3.63) is 63.4 Å². The molecule has 0 unspecified atom stereocenters. The minimum atomic E-state index is -0.101. The molecule has 23 heavy (non-hydrogen) atoms. The third-order valence-electron chi connectivity index (χ3n) is 3.24. The van der Waals surface area contributed by atoms with Crippen molar-refractivity contribution in [2.45, 2.75) is 24.4 Å². The van der Waals surface area contributed by atoms with E-state index in [1.54, 1.807) is 18.3 Å². The van der Waals surface area contributed by atoms with Gasteiger partial charge in [-0.1, -0.05) is 17.8 Å². The molecular weight excluding hydrogens is 378 g/mol. The highest BCUT2D eigenvalue weighted by atomic mass is 79.9. The molecule has 0 radical (unpaired) electrons. The Kier molecular flexibility index (Phi) is 4.63. The molecule has 0 N–H and O–H groups in total. The maximum atomic E-state index is 12.2. The van der Waals surface area contributed by atoms with Crippen LogP contribution in [0.25, 0.3) is 5.65 Å². The van der Waals surface area contributed by atoms with Crippen LogP contribution in [0.15, 0.2) is 51.5 Å². The fourth-order valence-electron chi connectivity index (χ4n) is 2.15. The Labute approximate surface area is 145 Å². The van der Waals surface area contributed by atoms with E-state index >= 15 is 0 Å². The first kappa shape index (κ1) is 15.9. The van der Waals surface area contributed by atoms with Crippen LogP contribution in [0.1, 0.15) is 11.5 Å². The first-order chi connectivity index (χ1) is 11.1. The zero-order chi connectivity index (χ0) is 16.4. The lowest BCUT2D eigenvalue weighted by atomic mass is 10.4. The SMILES string of the molecule is C=CCn1c(C)nnc1SCc1cc(=O)n2cc(Br)ccc2n1. The number of hydrogen-bond donors (Lipinski definition) is 0. The van der Waals surface area contributed by atoms with Crippen molar-refractivity contribution in [2.75, 3.05) is 0 Å². The van der Waals surface area contributed by atoms with Crippen molar-refractivity contribution in [3.63, 3.8) is 0 Å². The third kappa shape index (κ3) is 3.37. The lowest BCUT2D eigenvalue weighted by Crippen LogP contribution is -2.15. The number of allylic oxidation sites excluding steroid dienone is 1. The third-order valence-corrected chi connectivity index (χ3v) is 4.71. The summed E-state index contributed by atoms with van der Waals surface area (Å²) in [6.07, 6.45) is 3.52. The average molecular weight is 392 g/mol. The van der Waals surface area contributed by atoms with Crippen LogP contribution < -0.4 is 5.56 Å². The summed E-state index contributed by atoms with van der Waals surface area (Å²) in [6, 6.07) is 5.22. The van der Waals surface area contributed by atoms with Gasteiger partial charge in [-0.05, 0) is 35.0 Å². The van der Waals surface area contributed by atoms with Gasteiger partial charge in [0, 0.05) is 29.0 Å². The number of halogens is 1. The van der Waals surface area contributed by atoms with E-state index in [-0.39, 0.29) is 5.56 Å². The van der Waals surface area contributed by atoms with Crippen LogP contribution in [-0.4, -0.2) is 24.1 Å². The van der Waals surface area contributed by atoms with Gasteiger partial charge in [0.25, 0.3) is 5.56 Å². The molecule has 3 aromatic heterocycles. The van der Waals surface area contributed by atoms with E-state index in [0.717, 1.165) is 15.5 Å². The zero-order valence-corrected chi connectivity index (χ0v) is 14.8. The maximum absolute atomic E-state index is 12.2. The molecule has 0 saturated heterocycles. The van der Waals surface area contributed by atoms with Gasteiger partial charge in [0.1, 0.15) is 11.5 Å². The first-order valence-corrected chi connectivity index (χ1v) is 8.67. The highest BCUT2D eigenvalue weighted by molar-refractivity contribution is 9.10. The Bertz CT molecular complexity index is 933. The predicted molar refractivity (Wildman–Crippen MR) is 93.7 cm³/mol. The molecule has 3 heterocycles. The molecular formula is C15H14BrN5OS. The van der Waals surface area contributed by atoms with E-state index in [1.807, 2.05) is 23.6 Å². The Hall–Kier alpha value is -1.93. The summed E-state index contributed by atoms with van der Waals surface area (Å²) < 4.78 is 4.33. The van der Waals surface area contributed by atoms with Gasteiger partial charge in [-0.15, -0.1) is 16.8 Å². The van der Waals surface area contributed by atoms with E-state index < -0.39 is 0 Å². The second-order valence-electron chi connectivity index (χ2n) is 4.88. The van der Waals surface area contributed by atoms with Gasteiger partial charge in [-0.25, -0.2) is 4.98 Å². The van der Waals surface area contributed by atoms with Gasteiger partial charge in [-0.2, -0.15) is 0 Å². The predicted octanol–water partition coefficient (Wildman–Crippen LogP) is 2.84. The van der Waals surface area contributed by atoms with Gasteiger partial charge in [0.2, 0.25) is 0 Å². The molecule has 0 aliphatic carbocycles. The second-order valence-corrected chi connectivity index (χ2v) is 6.74. The highest BCUT2D eigenvalue weighted by Crippen LogP contribution is 2.21. The summed E-state index contributed by atoms with van der Waals surface area (Å²) in [5.41, 5.74) is 1.24. The molecule has 0 aliphatic rings. The number of hydrogen-bond acceptors (Lipinski definition) is 5. The molecule has 0 aromatic carbocycles. The van der Waals surface area contributed by atoms with Gasteiger partial charge in [-0.3, -0.25) is 9.20 Å². The van der Waals surface area contributed by atoms with Crippen LogP contribution in [0.2, 0.25) is 0 Å². The molecule has 3 aromatic rings. The molecule has 0 spiro atoms. The average Bonchev–Trinajstić information content (AvgIpc) is 2.87. The fraction of sp³-hybridized carbons (Fsp3) is 0.200. The number of thioether (sulfide) groups is 1. The summed E-state index contributed by atoms with van der Waals surface area (Å²) in [5.74, 6) is 1.39. The minimum absolute atomic E-state index is 0.101. The summed E-state index contributed by atoms with van der Waals surface area (Å²) in [6.45, 7) is 6.30. The van der Waals surface area contributed by atoms with Crippen molar-refractivity contribution in [3.8, 4) is 0 Å². The summed E-state index contributed by atoms with van der Waals surface area (Å²) >= 11 is 4.86. The number of rotatable bonds is 5. The second kappa shape index (κ2) is 6.67. The minimum Gasteiger partial charge on any atom is -0.302 e. The molecule has 8 heteroatoms. The lowest BCUT2D eigenvalue weighted by Gasteiger charge is -2.06. The Morgan fingerprint density at radius 1 is 1.39 bits per heavy atom. The van der Waals surface area contributed by atoms with E-state index in [2.05, 4.69) is 37.7 Å². The molecule has 0 atom stereocenters. The largest absolute Gasteiger partial charge is 0.302 e. The van der Waals surface area contributed by atoms with Crippen LogP contribution >= 0.6 is 27.7 Å². The van der Waals surface area contributed by atoms with Gasteiger partial charge >= 0.3 is 0 Å². The molecule has 0 saturated carbocycles. The molecule has 118 valence electrons. The molecule has 0 amide bonds. The van der Waals surface area contributed by atoms with Crippen LogP contribution in [0.5, 0.6) is 0 Å². The standard InChI is InChI=1S/C15H14BrN5OS/c1-3-6-20-10(2)18-19-15(20)23-9-12-7-14(22)21-8-11(16)4-5-13(21)17-12/h3-5,7-8H,1,6,9H2,2H3. The van der Waals surface area contributed by atoms with E-state index in [0.29, 0.717) is 23.6 Å². The van der Waals surface area contributed by atoms with Gasteiger partial charge in [0.05, 0.1) is 5.69 Å². The lowest BCUT2D eigenvalue weighted by molar-refractivity contribution is 0.703. The molecule has 0 aliphatic heterocycles. The van der Waals surface area contributed by atoms with Crippen molar-refractivity contribution < 1.29 is 0 Å². The Balaban J connectivity index is 1.86. The summed E-state index contributed by atoms with van der Waals surface area (Å²) in [5, 5.41) is 9.03. The van der Waals surface area contributed by atoms with Crippen LogP contribution in [0.3, 0.4) is 0 Å². The monoisotopic (exact) mass is 391 g/mol. The van der Waals surface area contributed by atoms with Crippen LogP contribution in [0, 0.1) is 6.92 Å². The number of aryl methyl sites for hydroxylation is 1. The number of fused-ring (bicyclic) bond motifs is 1. The van der Waals surface area contributed by atoms with Crippen molar-refractivity contribution in [2.24, 2.45) is 0 Å². The Morgan fingerprint density at radius 3 is 3.00 bits per heavy atom. The molecule has 0 bridgehead atoms. The van der Waals surface area contributed by atoms with Crippen molar-refractivity contribution >= 4 is 33.3 Å². The zero-order valence-electron chi connectivity index (χ0n) is 12.4. The molecule has 3 rings (SSSR count).